The fourth-order valence-electron chi connectivity index (χ4n) is 9.54. The second-order valence-electron chi connectivity index (χ2n) is 24.3. The monoisotopic (exact) mass is 1200 g/mol. The fraction of sp³-hybridized carbons (Fsp3) is 0.707. The summed E-state index contributed by atoms with van der Waals surface area (Å²) in [6, 6.07) is -0.875. The van der Waals surface area contributed by atoms with Crippen LogP contribution in [0.15, 0.2) is 122 Å². The Morgan fingerprint density at radius 3 is 1.16 bits per heavy atom. The highest BCUT2D eigenvalue weighted by atomic mass is 31.2. The predicted octanol–water partition coefficient (Wildman–Crippen LogP) is 22.2. The number of phosphoric ester groups is 1. The molecule has 10 heteroatoms. The standard InChI is InChI=1S/C75H131N2O7P/c1-7-10-13-16-19-22-25-28-30-32-34-35-36-37-38-39-40-41-43-45-47-50-53-56-59-62-65-68-75(79)84-73(66-63-60-57-54-51-48-27-24-21-18-15-12-9-3)72(71-83-85(80,81)82-70-69-77(4,5)6)76-74(78)67-64-61-58-55-52-49-46-44-42-33-31-29-26-23-20-17-14-11-8-2/h10,13,19-20,22-23,28-31,34-35,37-38,42,44,49,52,63,66,72-73H,7-9,11-12,14-18,21,24-27,32-33,36,39-41,43,45-48,50-51,53-62,64-65,67-71H2,1-6H3,(H-,76,78,80,81)/p+1/b13-10-,22-19-,23-20-,30-28-,31-29-,35-34-,38-37-,44-42-,52-49-,66-63-. The van der Waals surface area contributed by atoms with Crippen molar-refractivity contribution in [2.75, 3.05) is 40.9 Å². The Morgan fingerprint density at radius 2 is 0.753 bits per heavy atom. The number of unbranched alkanes of at least 4 members (excludes halogenated alkanes) is 28. The number of allylic oxidation sites excluding steroid dienone is 19. The number of esters is 1. The number of phosphoric acid groups is 1. The van der Waals surface area contributed by atoms with Crippen molar-refractivity contribution < 1.29 is 37.3 Å². The van der Waals surface area contributed by atoms with Gasteiger partial charge in [-0.1, -0.05) is 277 Å². The Hall–Kier alpha value is -3.59. The third-order valence-corrected chi connectivity index (χ3v) is 15.9. The van der Waals surface area contributed by atoms with Gasteiger partial charge in [0, 0.05) is 12.8 Å². The van der Waals surface area contributed by atoms with Crippen LogP contribution in [-0.2, 0) is 27.9 Å². The lowest BCUT2D eigenvalue weighted by atomic mass is 10.0. The lowest BCUT2D eigenvalue weighted by molar-refractivity contribution is -0.870. The van der Waals surface area contributed by atoms with E-state index in [1.807, 2.05) is 33.3 Å². The number of nitrogens with zero attached hydrogens (tertiary/aromatic N) is 1. The molecule has 0 aliphatic rings. The number of hydrogen-bond donors (Lipinski definition) is 2. The normalized spacial score (nSPS) is 14.3. The zero-order chi connectivity index (χ0) is 62.1. The van der Waals surface area contributed by atoms with Crippen LogP contribution >= 0.6 is 7.82 Å². The van der Waals surface area contributed by atoms with Crippen LogP contribution < -0.4 is 5.32 Å². The van der Waals surface area contributed by atoms with E-state index >= 15 is 0 Å². The Morgan fingerprint density at radius 1 is 0.424 bits per heavy atom. The maximum absolute atomic E-state index is 13.6. The summed E-state index contributed by atoms with van der Waals surface area (Å²) < 4.78 is 30.8. The molecule has 2 N–H and O–H groups in total. The summed E-state index contributed by atoms with van der Waals surface area (Å²) in [6.45, 7) is 6.85. The van der Waals surface area contributed by atoms with Gasteiger partial charge in [0.15, 0.2) is 0 Å². The number of quaternary nitrogens is 1. The van der Waals surface area contributed by atoms with Gasteiger partial charge in [0.25, 0.3) is 0 Å². The Labute approximate surface area is 524 Å². The van der Waals surface area contributed by atoms with Gasteiger partial charge >= 0.3 is 13.8 Å². The molecular formula is C75H132N2O7P+. The van der Waals surface area contributed by atoms with Crippen LogP contribution in [0, 0.1) is 0 Å². The largest absolute Gasteiger partial charge is 0.472 e. The molecule has 0 aromatic heterocycles. The van der Waals surface area contributed by atoms with Gasteiger partial charge in [-0.15, -0.1) is 0 Å². The van der Waals surface area contributed by atoms with Gasteiger partial charge in [-0.05, 0) is 122 Å². The molecular weight excluding hydrogens is 1070 g/mol. The quantitative estimate of drug-likeness (QED) is 0.0205. The molecule has 0 bridgehead atoms. The number of nitrogens with one attached hydrogen (secondary N) is 1. The molecule has 1 amide bonds. The minimum absolute atomic E-state index is 0.0279. The number of amides is 1. The number of likely N-dealkylation sites (N-methyl/N-ethyl adjacent to an activating group) is 1. The molecule has 3 atom stereocenters. The maximum atomic E-state index is 13.6. The minimum Gasteiger partial charge on any atom is -0.456 e. The molecule has 3 unspecified atom stereocenters. The number of hydrogen-bond acceptors (Lipinski definition) is 6. The van der Waals surface area contributed by atoms with Crippen molar-refractivity contribution >= 4 is 19.7 Å². The highest BCUT2D eigenvalue weighted by Crippen LogP contribution is 2.43. The van der Waals surface area contributed by atoms with Crippen LogP contribution in [0.2, 0.25) is 0 Å². The van der Waals surface area contributed by atoms with Crippen LogP contribution in [0.5, 0.6) is 0 Å². The molecule has 0 radical (unpaired) electrons. The van der Waals surface area contributed by atoms with Crippen molar-refractivity contribution in [3.05, 3.63) is 122 Å². The summed E-state index contributed by atoms with van der Waals surface area (Å²) in [5.74, 6) is -0.546. The molecule has 0 aliphatic heterocycles. The lowest BCUT2D eigenvalue weighted by Gasteiger charge is -2.27. The van der Waals surface area contributed by atoms with Gasteiger partial charge < -0.3 is 19.4 Å². The number of carbonyl (C=O) groups excluding carboxylic acids is 2. The van der Waals surface area contributed by atoms with E-state index in [0.29, 0.717) is 17.4 Å². The van der Waals surface area contributed by atoms with Crippen LogP contribution in [0.25, 0.3) is 0 Å². The maximum Gasteiger partial charge on any atom is 0.472 e. The van der Waals surface area contributed by atoms with Crippen molar-refractivity contribution in [3.8, 4) is 0 Å². The van der Waals surface area contributed by atoms with E-state index in [0.717, 1.165) is 116 Å². The zero-order valence-electron chi connectivity index (χ0n) is 55.8. The third-order valence-electron chi connectivity index (χ3n) is 14.9. The van der Waals surface area contributed by atoms with E-state index in [9.17, 15) is 19.0 Å². The first-order chi connectivity index (χ1) is 41.4. The Bertz CT molecular complexity index is 1870. The molecule has 0 rings (SSSR count). The van der Waals surface area contributed by atoms with E-state index in [4.69, 9.17) is 13.8 Å². The van der Waals surface area contributed by atoms with Crippen molar-refractivity contribution in [1.82, 2.24) is 5.32 Å². The smallest absolute Gasteiger partial charge is 0.456 e. The molecule has 9 nitrogen and oxygen atoms in total. The SMILES string of the molecule is CC/C=C\C/C=C\C/C=C\C/C=C\C/C=C\CCCCCCCCCCCCCC(=O)OC(/C=C\CCCCCCCCCCCCC)C(COP(=O)(O)OCC[N+](C)(C)C)NC(=O)CCCCC/C=C\C/C=C\C/C=C\C/C=C\CCCCC. The summed E-state index contributed by atoms with van der Waals surface area (Å²) >= 11 is 0. The van der Waals surface area contributed by atoms with E-state index in [2.05, 4.69) is 135 Å². The lowest BCUT2D eigenvalue weighted by Crippen LogP contribution is -2.47. The van der Waals surface area contributed by atoms with Crippen molar-refractivity contribution in [3.63, 3.8) is 0 Å². The molecule has 488 valence electrons. The predicted molar refractivity (Wildman–Crippen MR) is 369 cm³/mol. The molecule has 0 aromatic rings. The molecule has 0 saturated heterocycles. The third kappa shape index (κ3) is 64.7. The van der Waals surface area contributed by atoms with Gasteiger partial charge in [-0.25, -0.2) is 4.57 Å². The zero-order valence-corrected chi connectivity index (χ0v) is 56.7. The van der Waals surface area contributed by atoms with E-state index in [1.54, 1.807) is 0 Å². The van der Waals surface area contributed by atoms with Crippen molar-refractivity contribution in [2.45, 2.75) is 303 Å². The number of carbonyl (C=O) groups is 2. The topological polar surface area (TPSA) is 111 Å². The molecule has 0 aliphatic carbocycles. The Balaban J connectivity index is 5.17. The average molecular weight is 1200 g/mol. The van der Waals surface area contributed by atoms with Crippen LogP contribution in [0.3, 0.4) is 0 Å². The molecule has 0 saturated carbocycles. The van der Waals surface area contributed by atoms with E-state index in [1.165, 1.54) is 135 Å². The molecule has 0 fully saturated rings. The number of ether oxygens (including phenoxy) is 1. The first-order valence-electron chi connectivity index (χ1n) is 34.9. The minimum atomic E-state index is -4.47. The Kier molecular flexibility index (Phi) is 60.8. The van der Waals surface area contributed by atoms with Gasteiger partial charge in [0.1, 0.15) is 19.3 Å². The summed E-state index contributed by atoms with van der Waals surface area (Å²) in [6.07, 6.45) is 89.2. The van der Waals surface area contributed by atoms with Gasteiger partial charge in [0.2, 0.25) is 5.91 Å². The first-order valence-corrected chi connectivity index (χ1v) is 36.4. The highest BCUT2D eigenvalue weighted by molar-refractivity contribution is 7.47. The van der Waals surface area contributed by atoms with Crippen LogP contribution in [0.4, 0.5) is 0 Å². The summed E-state index contributed by atoms with van der Waals surface area (Å²) in [4.78, 5) is 37.9. The molecule has 0 spiro atoms. The molecule has 0 aromatic carbocycles. The summed E-state index contributed by atoms with van der Waals surface area (Å²) in [5, 5.41) is 3.05. The van der Waals surface area contributed by atoms with Gasteiger partial charge in [-0.3, -0.25) is 18.6 Å². The fourth-order valence-corrected chi connectivity index (χ4v) is 10.3. The second kappa shape index (κ2) is 63.4. The first kappa shape index (κ1) is 81.4. The molecule has 0 heterocycles. The average Bonchev–Trinajstić information content (AvgIpc) is 3.50. The van der Waals surface area contributed by atoms with Gasteiger partial charge in [-0.2, -0.15) is 0 Å². The van der Waals surface area contributed by atoms with E-state index in [-0.39, 0.29) is 37.9 Å². The second-order valence-corrected chi connectivity index (χ2v) is 25.8. The van der Waals surface area contributed by atoms with Crippen LogP contribution in [0.1, 0.15) is 290 Å². The van der Waals surface area contributed by atoms with Crippen molar-refractivity contribution in [1.29, 1.82) is 0 Å². The van der Waals surface area contributed by atoms with Crippen molar-refractivity contribution in [2.24, 2.45) is 0 Å². The summed E-state index contributed by atoms with van der Waals surface area (Å²) in [7, 11) is 1.46. The summed E-state index contributed by atoms with van der Waals surface area (Å²) in [5.41, 5.74) is 0. The highest BCUT2D eigenvalue weighted by Gasteiger charge is 2.30. The van der Waals surface area contributed by atoms with Gasteiger partial charge in [0.05, 0.1) is 33.8 Å². The molecule has 85 heavy (non-hydrogen) atoms. The van der Waals surface area contributed by atoms with E-state index < -0.39 is 20.0 Å². The van der Waals surface area contributed by atoms with Crippen LogP contribution in [-0.4, -0.2) is 74.3 Å². The number of rotatable bonds is 62.